The van der Waals surface area contributed by atoms with Gasteiger partial charge in [-0.1, -0.05) is 13.3 Å². The molecule has 16 heavy (non-hydrogen) atoms. The van der Waals surface area contributed by atoms with Crippen molar-refractivity contribution in [3.05, 3.63) is 23.7 Å². The highest BCUT2D eigenvalue weighted by Crippen LogP contribution is 2.17. The summed E-state index contributed by atoms with van der Waals surface area (Å²) in [7, 11) is 0. The van der Waals surface area contributed by atoms with Gasteiger partial charge in [0.2, 0.25) is 0 Å². The maximum atomic E-state index is 5.91. The van der Waals surface area contributed by atoms with Gasteiger partial charge in [-0.2, -0.15) is 0 Å². The van der Waals surface area contributed by atoms with E-state index < -0.39 is 0 Å². The third-order valence-electron chi connectivity index (χ3n) is 2.66. The van der Waals surface area contributed by atoms with Crippen LogP contribution in [-0.4, -0.2) is 14.5 Å². The summed E-state index contributed by atoms with van der Waals surface area (Å²) in [6.45, 7) is 5.15. The fourth-order valence-corrected chi connectivity index (χ4v) is 2.02. The van der Waals surface area contributed by atoms with Crippen LogP contribution in [0.2, 0.25) is 0 Å². The van der Waals surface area contributed by atoms with Gasteiger partial charge in [-0.05, 0) is 25.0 Å². The van der Waals surface area contributed by atoms with Crippen LogP contribution in [0, 0.1) is 6.92 Å². The number of hydrogen-bond donors (Lipinski definition) is 0. The maximum Gasteiger partial charge on any atom is 0.160 e. The molecule has 0 atom stereocenters. The minimum atomic E-state index is 0.444. The zero-order chi connectivity index (χ0) is 11.5. The average molecular weight is 238 g/mol. The Labute approximate surface area is 100 Å². The number of alkyl halides is 1. The topological polar surface area (TPSA) is 30.7 Å². The fourth-order valence-electron chi connectivity index (χ4n) is 1.81. The molecule has 2 rings (SSSR count). The van der Waals surface area contributed by atoms with Crippen LogP contribution < -0.4 is 0 Å². The Kier molecular flexibility index (Phi) is 3.44. The van der Waals surface area contributed by atoms with Gasteiger partial charge in [0.25, 0.3) is 0 Å². The molecule has 3 nitrogen and oxygen atoms in total. The van der Waals surface area contributed by atoms with Gasteiger partial charge >= 0.3 is 0 Å². The predicted octanol–water partition coefficient (Wildman–Crippen LogP) is 3.28. The molecule has 2 aromatic heterocycles. The zero-order valence-electron chi connectivity index (χ0n) is 9.70. The molecular formula is C12H16ClN3. The van der Waals surface area contributed by atoms with E-state index in [1.54, 1.807) is 0 Å². The van der Waals surface area contributed by atoms with Crippen LogP contribution in [0.5, 0.6) is 0 Å². The van der Waals surface area contributed by atoms with Crippen molar-refractivity contribution >= 4 is 22.8 Å². The van der Waals surface area contributed by atoms with E-state index in [1.807, 2.05) is 13.1 Å². The van der Waals surface area contributed by atoms with Crippen LogP contribution in [0.25, 0.3) is 11.2 Å². The van der Waals surface area contributed by atoms with Crippen molar-refractivity contribution in [1.82, 2.24) is 14.5 Å². The summed E-state index contributed by atoms with van der Waals surface area (Å²) in [5.41, 5.74) is 3.04. The Balaban J connectivity index is 2.50. The number of aromatic nitrogens is 3. The summed E-state index contributed by atoms with van der Waals surface area (Å²) in [5, 5.41) is 0. The number of halogens is 1. The monoisotopic (exact) mass is 237 g/mol. The van der Waals surface area contributed by atoms with Crippen molar-refractivity contribution in [2.45, 2.75) is 39.1 Å². The van der Waals surface area contributed by atoms with E-state index >= 15 is 0 Å². The standard InChI is InChI=1S/C12H16ClN3/c1-3-4-5-16-11(7-13)15-10-6-9(2)8-14-12(10)16/h6,8H,3-5,7H2,1-2H3. The van der Waals surface area contributed by atoms with E-state index in [0.29, 0.717) is 5.88 Å². The highest BCUT2D eigenvalue weighted by Gasteiger charge is 2.10. The lowest BCUT2D eigenvalue weighted by molar-refractivity contribution is 0.624. The number of fused-ring (bicyclic) bond motifs is 1. The first kappa shape index (κ1) is 11.4. The number of imidazole rings is 1. The van der Waals surface area contributed by atoms with E-state index in [-0.39, 0.29) is 0 Å². The molecule has 4 heteroatoms. The molecule has 0 amide bonds. The molecule has 0 spiro atoms. The Morgan fingerprint density at radius 3 is 2.94 bits per heavy atom. The third-order valence-corrected chi connectivity index (χ3v) is 2.89. The molecule has 0 radical (unpaired) electrons. The summed E-state index contributed by atoms with van der Waals surface area (Å²) < 4.78 is 2.13. The lowest BCUT2D eigenvalue weighted by Crippen LogP contribution is -2.03. The molecule has 2 heterocycles. The number of hydrogen-bond acceptors (Lipinski definition) is 2. The van der Waals surface area contributed by atoms with Crippen LogP contribution in [0.3, 0.4) is 0 Å². The molecule has 0 aliphatic carbocycles. The Hall–Kier alpha value is -1.09. The van der Waals surface area contributed by atoms with E-state index in [2.05, 4.69) is 27.5 Å². The van der Waals surface area contributed by atoms with Crippen LogP contribution in [0.15, 0.2) is 12.3 Å². The van der Waals surface area contributed by atoms with Crippen molar-refractivity contribution in [2.75, 3.05) is 0 Å². The van der Waals surface area contributed by atoms with Gasteiger partial charge < -0.3 is 4.57 Å². The molecule has 0 aromatic carbocycles. The number of aryl methyl sites for hydroxylation is 2. The maximum absolute atomic E-state index is 5.91. The molecule has 0 aliphatic heterocycles. The zero-order valence-corrected chi connectivity index (χ0v) is 10.5. The smallest absolute Gasteiger partial charge is 0.160 e. The highest BCUT2D eigenvalue weighted by atomic mass is 35.5. The number of pyridine rings is 1. The molecule has 0 N–H and O–H groups in total. The first-order valence-electron chi connectivity index (χ1n) is 5.64. The molecule has 86 valence electrons. The van der Waals surface area contributed by atoms with Gasteiger partial charge in [0.05, 0.1) is 5.88 Å². The van der Waals surface area contributed by atoms with Gasteiger partial charge in [0, 0.05) is 12.7 Å². The molecule has 0 saturated heterocycles. The lowest BCUT2D eigenvalue weighted by Gasteiger charge is -2.05. The van der Waals surface area contributed by atoms with Crippen molar-refractivity contribution in [1.29, 1.82) is 0 Å². The number of nitrogens with zero attached hydrogens (tertiary/aromatic N) is 3. The van der Waals surface area contributed by atoms with Crippen LogP contribution >= 0.6 is 11.6 Å². The second-order valence-electron chi connectivity index (χ2n) is 4.02. The van der Waals surface area contributed by atoms with Gasteiger partial charge in [0.15, 0.2) is 5.65 Å². The summed E-state index contributed by atoms with van der Waals surface area (Å²) in [4.78, 5) is 8.96. The fraction of sp³-hybridized carbons (Fsp3) is 0.500. The Morgan fingerprint density at radius 2 is 2.25 bits per heavy atom. The largest absolute Gasteiger partial charge is 0.312 e. The summed E-state index contributed by atoms with van der Waals surface area (Å²) >= 11 is 5.91. The first-order chi connectivity index (χ1) is 7.76. The van der Waals surface area contributed by atoms with Crippen molar-refractivity contribution in [3.63, 3.8) is 0 Å². The number of unbranched alkanes of at least 4 members (excludes halogenated alkanes) is 1. The molecule has 0 saturated carbocycles. The number of rotatable bonds is 4. The van der Waals surface area contributed by atoms with Crippen LogP contribution in [0.4, 0.5) is 0 Å². The second kappa shape index (κ2) is 4.83. The molecule has 0 aliphatic rings. The second-order valence-corrected chi connectivity index (χ2v) is 4.29. The van der Waals surface area contributed by atoms with Crippen LogP contribution in [0.1, 0.15) is 31.2 Å². The van der Waals surface area contributed by atoms with Crippen molar-refractivity contribution < 1.29 is 0 Å². The molecule has 0 unspecified atom stereocenters. The molecule has 2 aromatic rings. The Bertz CT molecular complexity index is 490. The van der Waals surface area contributed by atoms with E-state index in [1.165, 1.54) is 0 Å². The van der Waals surface area contributed by atoms with E-state index in [4.69, 9.17) is 11.6 Å². The van der Waals surface area contributed by atoms with E-state index in [0.717, 1.165) is 41.9 Å². The van der Waals surface area contributed by atoms with Gasteiger partial charge in [0.1, 0.15) is 11.3 Å². The third kappa shape index (κ3) is 2.05. The summed E-state index contributed by atoms with van der Waals surface area (Å²) in [6.07, 6.45) is 4.17. The molecule has 0 bridgehead atoms. The van der Waals surface area contributed by atoms with Crippen LogP contribution in [-0.2, 0) is 12.4 Å². The van der Waals surface area contributed by atoms with E-state index in [9.17, 15) is 0 Å². The molecule has 0 fully saturated rings. The molecular weight excluding hydrogens is 222 g/mol. The van der Waals surface area contributed by atoms with Gasteiger partial charge in [-0.3, -0.25) is 0 Å². The first-order valence-corrected chi connectivity index (χ1v) is 6.17. The Morgan fingerprint density at radius 1 is 1.44 bits per heavy atom. The van der Waals surface area contributed by atoms with Gasteiger partial charge in [-0.15, -0.1) is 11.6 Å². The summed E-state index contributed by atoms with van der Waals surface area (Å²) in [6, 6.07) is 2.06. The quantitative estimate of drug-likeness (QED) is 0.764. The average Bonchev–Trinajstić information content (AvgIpc) is 2.63. The lowest BCUT2D eigenvalue weighted by atomic mass is 10.3. The summed E-state index contributed by atoms with van der Waals surface area (Å²) in [5.74, 6) is 1.36. The van der Waals surface area contributed by atoms with Crippen molar-refractivity contribution in [2.24, 2.45) is 0 Å². The highest BCUT2D eigenvalue weighted by molar-refractivity contribution is 6.16. The predicted molar refractivity (Wildman–Crippen MR) is 66.7 cm³/mol. The minimum Gasteiger partial charge on any atom is -0.312 e. The van der Waals surface area contributed by atoms with Gasteiger partial charge in [-0.25, -0.2) is 9.97 Å². The SMILES string of the molecule is CCCCn1c(CCl)nc2cc(C)cnc21. The normalized spacial score (nSPS) is 11.2. The van der Waals surface area contributed by atoms with Crippen molar-refractivity contribution in [3.8, 4) is 0 Å². The minimum absolute atomic E-state index is 0.444.